The lowest BCUT2D eigenvalue weighted by Crippen LogP contribution is -2.44. The van der Waals surface area contributed by atoms with Gasteiger partial charge in [-0.05, 0) is 36.0 Å². The van der Waals surface area contributed by atoms with E-state index in [0.717, 1.165) is 24.0 Å². The summed E-state index contributed by atoms with van der Waals surface area (Å²) in [7, 11) is 0. The molecule has 0 aliphatic rings. The average Bonchev–Trinajstić information content (AvgIpc) is 2.37. The maximum atomic E-state index is 6.49. The van der Waals surface area contributed by atoms with Crippen LogP contribution in [0.4, 0.5) is 0 Å². The van der Waals surface area contributed by atoms with Crippen molar-refractivity contribution in [1.29, 1.82) is 0 Å². The molecule has 0 radical (unpaired) electrons. The fraction of sp³-hybridized carbons (Fsp3) is 0.667. The standard InChI is InChI=1S/C18H31BrN2/c1-6-17(20)18(15-8-7-9-16(19)10-15)21(11-13(2)3)12-14(4)5/h7-10,13-14,17-18H,6,11-12,20H2,1-5H3. The number of nitrogens with two attached hydrogens (primary N) is 1. The molecule has 0 saturated heterocycles. The first-order valence-electron chi connectivity index (χ1n) is 8.10. The fourth-order valence-corrected chi connectivity index (χ4v) is 3.30. The van der Waals surface area contributed by atoms with Crippen LogP contribution in [0.15, 0.2) is 28.7 Å². The van der Waals surface area contributed by atoms with Gasteiger partial charge in [0.1, 0.15) is 0 Å². The minimum atomic E-state index is 0.164. The Balaban J connectivity index is 3.12. The maximum Gasteiger partial charge on any atom is 0.0499 e. The van der Waals surface area contributed by atoms with Crippen molar-refractivity contribution >= 4 is 15.9 Å². The second-order valence-corrected chi connectivity index (χ2v) is 7.73. The van der Waals surface area contributed by atoms with Crippen LogP contribution in [0.1, 0.15) is 52.6 Å². The van der Waals surface area contributed by atoms with E-state index in [1.165, 1.54) is 5.56 Å². The average molecular weight is 355 g/mol. The molecule has 0 aromatic heterocycles. The van der Waals surface area contributed by atoms with Crippen LogP contribution in [-0.4, -0.2) is 24.0 Å². The topological polar surface area (TPSA) is 29.3 Å². The highest BCUT2D eigenvalue weighted by Gasteiger charge is 2.26. The van der Waals surface area contributed by atoms with Gasteiger partial charge in [-0.25, -0.2) is 0 Å². The van der Waals surface area contributed by atoms with Crippen molar-refractivity contribution in [1.82, 2.24) is 4.90 Å². The predicted molar refractivity (Wildman–Crippen MR) is 96.4 cm³/mol. The summed E-state index contributed by atoms with van der Waals surface area (Å²) < 4.78 is 1.13. The van der Waals surface area contributed by atoms with Gasteiger partial charge in [0.25, 0.3) is 0 Å². The van der Waals surface area contributed by atoms with Crippen LogP contribution in [0, 0.1) is 11.8 Å². The summed E-state index contributed by atoms with van der Waals surface area (Å²) in [6.07, 6.45) is 0.990. The Bertz CT molecular complexity index is 407. The Hall–Kier alpha value is -0.380. The second-order valence-electron chi connectivity index (χ2n) is 6.81. The Kier molecular flexibility index (Phi) is 7.93. The van der Waals surface area contributed by atoms with Gasteiger partial charge >= 0.3 is 0 Å². The first kappa shape index (κ1) is 18.7. The molecule has 120 valence electrons. The zero-order valence-electron chi connectivity index (χ0n) is 14.1. The molecule has 0 saturated carbocycles. The number of benzene rings is 1. The molecule has 3 heteroatoms. The van der Waals surface area contributed by atoms with Gasteiger partial charge in [-0.3, -0.25) is 4.90 Å². The molecular formula is C18H31BrN2. The molecule has 0 spiro atoms. The molecule has 0 aliphatic carbocycles. The van der Waals surface area contributed by atoms with E-state index >= 15 is 0 Å². The monoisotopic (exact) mass is 354 g/mol. The molecule has 0 fully saturated rings. The quantitative estimate of drug-likeness (QED) is 0.723. The van der Waals surface area contributed by atoms with Gasteiger partial charge in [-0.1, -0.05) is 62.7 Å². The molecule has 2 nitrogen and oxygen atoms in total. The number of nitrogens with zero attached hydrogens (tertiary/aromatic N) is 1. The summed E-state index contributed by atoms with van der Waals surface area (Å²) in [5.41, 5.74) is 7.81. The largest absolute Gasteiger partial charge is 0.326 e. The van der Waals surface area contributed by atoms with E-state index in [9.17, 15) is 0 Å². The number of rotatable bonds is 8. The third-order valence-corrected chi connectivity index (χ3v) is 4.15. The number of halogens is 1. The maximum absolute atomic E-state index is 6.49. The van der Waals surface area contributed by atoms with Gasteiger partial charge in [-0.15, -0.1) is 0 Å². The summed E-state index contributed by atoms with van der Waals surface area (Å²) in [5.74, 6) is 1.28. The first-order valence-corrected chi connectivity index (χ1v) is 8.89. The zero-order valence-corrected chi connectivity index (χ0v) is 15.7. The summed E-state index contributed by atoms with van der Waals surface area (Å²) in [5, 5.41) is 0. The zero-order chi connectivity index (χ0) is 16.0. The van der Waals surface area contributed by atoms with Gasteiger partial charge in [0, 0.05) is 29.6 Å². The van der Waals surface area contributed by atoms with E-state index in [2.05, 4.69) is 79.7 Å². The van der Waals surface area contributed by atoms with Gasteiger partial charge in [0.15, 0.2) is 0 Å². The molecule has 1 aromatic rings. The lowest BCUT2D eigenvalue weighted by Gasteiger charge is -2.38. The van der Waals surface area contributed by atoms with Crippen LogP contribution in [0.2, 0.25) is 0 Å². The second kappa shape index (κ2) is 8.92. The van der Waals surface area contributed by atoms with E-state index in [4.69, 9.17) is 5.73 Å². The van der Waals surface area contributed by atoms with Gasteiger partial charge < -0.3 is 5.73 Å². The number of hydrogen-bond donors (Lipinski definition) is 1. The lowest BCUT2D eigenvalue weighted by molar-refractivity contribution is 0.134. The van der Waals surface area contributed by atoms with Crippen LogP contribution >= 0.6 is 15.9 Å². The normalized spacial score (nSPS) is 15.0. The molecule has 0 amide bonds. The molecule has 2 N–H and O–H groups in total. The fourth-order valence-electron chi connectivity index (χ4n) is 2.88. The smallest absolute Gasteiger partial charge is 0.0499 e. The van der Waals surface area contributed by atoms with Crippen LogP contribution in [-0.2, 0) is 0 Å². The molecule has 1 rings (SSSR count). The summed E-state index contributed by atoms with van der Waals surface area (Å²) in [4.78, 5) is 2.57. The molecule has 1 aromatic carbocycles. The molecule has 0 heterocycles. The van der Waals surface area contributed by atoms with E-state index in [1.807, 2.05) is 0 Å². The minimum Gasteiger partial charge on any atom is -0.326 e. The summed E-state index contributed by atoms with van der Waals surface area (Å²) >= 11 is 3.59. The first-order chi connectivity index (χ1) is 9.85. The van der Waals surface area contributed by atoms with Crippen LogP contribution in [0.5, 0.6) is 0 Å². The molecular weight excluding hydrogens is 324 g/mol. The SMILES string of the molecule is CCC(N)C(c1cccc(Br)c1)N(CC(C)C)CC(C)C. The van der Waals surface area contributed by atoms with Crippen molar-refractivity contribution in [2.45, 2.75) is 53.1 Å². The van der Waals surface area contributed by atoms with E-state index < -0.39 is 0 Å². The molecule has 21 heavy (non-hydrogen) atoms. The van der Waals surface area contributed by atoms with Crippen molar-refractivity contribution in [2.24, 2.45) is 17.6 Å². The third kappa shape index (κ3) is 6.09. The molecule has 2 unspecified atom stereocenters. The highest BCUT2D eigenvalue weighted by atomic mass is 79.9. The van der Waals surface area contributed by atoms with Gasteiger partial charge in [-0.2, -0.15) is 0 Å². The van der Waals surface area contributed by atoms with Crippen molar-refractivity contribution in [3.63, 3.8) is 0 Å². The van der Waals surface area contributed by atoms with E-state index in [1.54, 1.807) is 0 Å². The van der Waals surface area contributed by atoms with Crippen molar-refractivity contribution in [3.05, 3.63) is 34.3 Å². The van der Waals surface area contributed by atoms with Crippen molar-refractivity contribution < 1.29 is 0 Å². The van der Waals surface area contributed by atoms with E-state index in [0.29, 0.717) is 11.8 Å². The summed E-state index contributed by atoms with van der Waals surface area (Å²) in [6.45, 7) is 13.5. The van der Waals surface area contributed by atoms with Crippen molar-refractivity contribution in [2.75, 3.05) is 13.1 Å². The van der Waals surface area contributed by atoms with Crippen molar-refractivity contribution in [3.8, 4) is 0 Å². The lowest BCUT2D eigenvalue weighted by atomic mass is 9.94. The highest BCUT2D eigenvalue weighted by molar-refractivity contribution is 9.10. The third-order valence-electron chi connectivity index (χ3n) is 3.66. The molecule has 0 bridgehead atoms. The van der Waals surface area contributed by atoms with Crippen LogP contribution in [0.3, 0.4) is 0 Å². The Morgan fingerprint density at radius 3 is 2.10 bits per heavy atom. The molecule has 0 aliphatic heterocycles. The van der Waals surface area contributed by atoms with Gasteiger partial charge in [0.05, 0.1) is 0 Å². The Labute approximate surface area is 139 Å². The van der Waals surface area contributed by atoms with Crippen LogP contribution < -0.4 is 5.73 Å². The Morgan fingerprint density at radius 1 is 1.10 bits per heavy atom. The predicted octanol–water partition coefficient (Wildman–Crippen LogP) is 4.84. The van der Waals surface area contributed by atoms with Crippen LogP contribution in [0.25, 0.3) is 0 Å². The molecule has 2 atom stereocenters. The minimum absolute atomic E-state index is 0.164. The van der Waals surface area contributed by atoms with E-state index in [-0.39, 0.29) is 12.1 Å². The van der Waals surface area contributed by atoms with Gasteiger partial charge in [0.2, 0.25) is 0 Å². The Morgan fingerprint density at radius 2 is 1.67 bits per heavy atom. The number of hydrogen-bond acceptors (Lipinski definition) is 2. The summed E-state index contributed by atoms with van der Waals surface area (Å²) in [6, 6.07) is 9.06. The highest BCUT2D eigenvalue weighted by Crippen LogP contribution is 2.28.